The first-order chi connectivity index (χ1) is 9.29. The summed E-state index contributed by atoms with van der Waals surface area (Å²) >= 11 is 5.72. The van der Waals surface area contributed by atoms with E-state index in [0.717, 1.165) is 12.1 Å². The molecule has 0 unspecified atom stereocenters. The van der Waals surface area contributed by atoms with Gasteiger partial charge in [0.1, 0.15) is 0 Å². The SMILES string of the molecule is O=C(O)c1cc(C(F)(F)F)ccc1-c1ccc(Cl)cc1. The number of carbonyl (C=O) groups is 1. The van der Waals surface area contributed by atoms with Crippen molar-refractivity contribution in [3.05, 3.63) is 58.6 Å². The van der Waals surface area contributed by atoms with Gasteiger partial charge in [0.15, 0.2) is 0 Å². The Morgan fingerprint density at radius 1 is 1.05 bits per heavy atom. The molecule has 104 valence electrons. The molecule has 6 heteroatoms. The molecule has 0 amide bonds. The number of carboxylic acids is 1. The van der Waals surface area contributed by atoms with E-state index >= 15 is 0 Å². The van der Waals surface area contributed by atoms with Crippen LogP contribution in [0.4, 0.5) is 13.2 Å². The second-order valence-electron chi connectivity index (χ2n) is 4.07. The molecular formula is C14H8ClF3O2. The van der Waals surface area contributed by atoms with Gasteiger partial charge in [-0.05, 0) is 35.4 Å². The Morgan fingerprint density at radius 2 is 1.65 bits per heavy atom. The van der Waals surface area contributed by atoms with Gasteiger partial charge in [-0.25, -0.2) is 4.79 Å². The third-order valence-electron chi connectivity index (χ3n) is 2.73. The van der Waals surface area contributed by atoms with Crippen molar-refractivity contribution in [2.24, 2.45) is 0 Å². The molecule has 0 saturated carbocycles. The first-order valence-electron chi connectivity index (χ1n) is 5.49. The predicted octanol–water partition coefficient (Wildman–Crippen LogP) is 4.72. The van der Waals surface area contributed by atoms with Crippen molar-refractivity contribution in [3.63, 3.8) is 0 Å². The summed E-state index contributed by atoms with van der Waals surface area (Å²) in [5.41, 5.74) is -0.697. The molecule has 0 saturated heterocycles. The Hall–Kier alpha value is -2.01. The summed E-state index contributed by atoms with van der Waals surface area (Å²) in [6, 6.07) is 8.83. The van der Waals surface area contributed by atoms with Crippen LogP contribution in [0.2, 0.25) is 5.02 Å². The Kier molecular flexibility index (Phi) is 3.72. The van der Waals surface area contributed by atoms with Gasteiger partial charge in [0.05, 0.1) is 11.1 Å². The zero-order valence-electron chi connectivity index (χ0n) is 9.91. The van der Waals surface area contributed by atoms with Crippen molar-refractivity contribution in [3.8, 4) is 11.1 Å². The lowest BCUT2D eigenvalue weighted by molar-refractivity contribution is -0.137. The van der Waals surface area contributed by atoms with Crippen LogP contribution >= 0.6 is 11.6 Å². The van der Waals surface area contributed by atoms with Crippen molar-refractivity contribution in [2.45, 2.75) is 6.18 Å². The summed E-state index contributed by atoms with van der Waals surface area (Å²) in [6.07, 6.45) is -4.58. The third-order valence-corrected chi connectivity index (χ3v) is 2.98. The number of rotatable bonds is 2. The summed E-state index contributed by atoms with van der Waals surface area (Å²) in [7, 11) is 0. The van der Waals surface area contributed by atoms with Crippen LogP contribution in [0.3, 0.4) is 0 Å². The molecule has 0 fully saturated rings. The van der Waals surface area contributed by atoms with Crippen molar-refractivity contribution in [2.75, 3.05) is 0 Å². The normalized spacial score (nSPS) is 11.4. The highest BCUT2D eigenvalue weighted by atomic mass is 35.5. The topological polar surface area (TPSA) is 37.3 Å². The molecule has 0 aliphatic rings. The highest BCUT2D eigenvalue weighted by molar-refractivity contribution is 6.30. The molecule has 0 aliphatic heterocycles. The molecule has 0 heterocycles. The summed E-state index contributed by atoms with van der Waals surface area (Å²) in [4.78, 5) is 11.1. The maximum Gasteiger partial charge on any atom is 0.416 e. The zero-order valence-corrected chi connectivity index (χ0v) is 10.7. The van der Waals surface area contributed by atoms with E-state index in [0.29, 0.717) is 16.7 Å². The Labute approximate surface area is 117 Å². The zero-order chi connectivity index (χ0) is 14.9. The fourth-order valence-electron chi connectivity index (χ4n) is 1.78. The van der Waals surface area contributed by atoms with Crippen LogP contribution in [0.15, 0.2) is 42.5 Å². The van der Waals surface area contributed by atoms with E-state index in [1.165, 1.54) is 0 Å². The minimum atomic E-state index is -4.58. The van der Waals surface area contributed by atoms with E-state index in [2.05, 4.69) is 0 Å². The smallest absolute Gasteiger partial charge is 0.416 e. The van der Waals surface area contributed by atoms with Crippen molar-refractivity contribution >= 4 is 17.6 Å². The molecule has 0 radical (unpaired) electrons. The van der Waals surface area contributed by atoms with Gasteiger partial charge < -0.3 is 5.11 Å². The molecule has 0 atom stereocenters. The Bertz CT molecular complexity index is 648. The summed E-state index contributed by atoms with van der Waals surface area (Å²) in [5.74, 6) is -1.42. The van der Waals surface area contributed by atoms with Crippen molar-refractivity contribution in [1.29, 1.82) is 0 Å². The van der Waals surface area contributed by atoms with Gasteiger partial charge >= 0.3 is 12.1 Å². The third kappa shape index (κ3) is 2.93. The number of carboxylic acid groups (broad SMARTS) is 1. The molecule has 0 spiro atoms. The number of hydrogen-bond donors (Lipinski definition) is 1. The molecule has 0 aromatic heterocycles. The average Bonchev–Trinajstić information content (AvgIpc) is 2.38. The van der Waals surface area contributed by atoms with Gasteiger partial charge in [0.2, 0.25) is 0 Å². The van der Waals surface area contributed by atoms with E-state index in [1.54, 1.807) is 24.3 Å². The predicted molar refractivity (Wildman–Crippen MR) is 68.8 cm³/mol. The minimum absolute atomic E-state index is 0.210. The van der Waals surface area contributed by atoms with E-state index in [9.17, 15) is 18.0 Å². The van der Waals surface area contributed by atoms with Gasteiger partial charge in [-0.2, -0.15) is 13.2 Å². The van der Waals surface area contributed by atoms with E-state index in [-0.39, 0.29) is 5.56 Å². The number of aromatic carboxylic acids is 1. The first kappa shape index (κ1) is 14.4. The van der Waals surface area contributed by atoms with Gasteiger partial charge in [-0.3, -0.25) is 0 Å². The lowest BCUT2D eigenvalue weighted by atomic mass is 9.97. The lowest BCUT2D eigenvalue weighted by Crippen LogP contribution is -2.08. The van der Waals surface area contributed by atoms with Gasteiger partial charge in [0, 0.05) is 5.02 Å². The van der Waals surface area contributed by atoms with Crippen molar-refractivity contribution < 1.29 is 23.1 Å². The molecule has 20 heavy (non-hydrogen) atoms. The second kappa shape index (κ2) is 5.17. The van der Waals surface area contributed by atoms with Crippen LogP contribution in [0, 0.1) is 0 Å². The minimum Gasteiger partial charge on any atom is -0.478 e. The summed E-state index contributed by atoms with van der Waals surface area (Å²) < 4.78 is 37.8. The number of benzene rings is 2. The quantitative estimate of drug-likeness (QED) is 0.871. The van der Waals surface area contributed by atoms with Gasteiger partial charge in [-0.15, -0.1) is 0 Å². The van der Waals surface area contributed by atoms with Gasteiger partial charge in [0.25, 0.3) is 0 Å². The Balaban J connectivity index is 2.59. The molecule has 0 aliphatic carbocycles. The van der Waals surface area contributed by atoms with Crippen LogP contribution in [0.5, 0.6) is 0 Å². The lowest BCUT2D eigenvalue weighted by Gasteiger charge is -2.11. The van der Waals surface area contributed by atoms with Crippen LogP contribution in [-0.4, -0.2) is 11.1 Å². The number of halogens is 4. The molecule has 2 aromatic rings. The van der Waals surface area contributed by atoms with Crippen molar-refractivity contribution in [1.82, 2.24) is 0 Å². The molecular weight excluding hydrogens is 293 g/mol. The molecule has 1 N–H and O–H groups in total. The fraction of sp³-hybridized carbons (Fsp3) is 0.0714. The summed E-state index contributed by atoms with van der Waals surface area (Å²) in [5, 5.41) is 9.53. The average molecular weight is 301 g/mol. The van der Waals surface area contributed by atoms with Crippen LogP contribution in [-0.2, 0) is 6.18 Å². The van der Waals surface area contributed by atoms with Crippen LogP contribution in [0.25, 0.3) is 11.1 Å². The molecule has 0 bridgehead atoms. The highest BCUT2D eigenvalue weighted by Gasteiger charge is 2.31. The van der Waals surface area contributed by atoms with Gasteiger partial charge in [-0.1, -0.05) is 29.8 Å². The Morgan fingerprint density at radius 3 is 2.15 bits per heavy atom. The van der Waals surface area contributed by atoms with E-state index in [4.69, 9.17) is 16.7 Å². The molecule has 2 nitrogen and oxygen atoms in total. The largest absolute Gasteiger partial charge is 0.478 e. The van der Waals surface area contributed by atoms with Crippen LogP contribution in [0.1, 0.15) is 15.9 Å². The molecule has 2 rings (SSSR count). The first-order valence-corrected chi connectivity index (χ1v) is 5.87. The summed E-state index contributed by atoms with van der Waals surface area (Å²) in [6.45, 7) is 0. The molecule has 2 aromatic carbocycles. The second-order valence-corrected chi connectivity index (χ2v) is 4.51. The standard InChI is InChI=1S/C14H8ClF3O2/c15-10-4-1-8(2-5-10)11-6-3-9(14(16,17)18)7-12(11)13(19)20/h1-7H,(H,19,20). The fourth-order valence-corrected chi connectivity index (χ4v) is 1.90. The number of alkyl halides is 3. The maximum absolute atomic E-state index is 12.6. The monoisotopic (exact) mass is 300 g/mol. The maximum atomic E-state index is 12.6. The van der Waals surface area contributed by atoms with E-state index in [1.807, 2.05) is 0 Å². The van der Waals surface area contributed by atoms with Crippen LogP contribution < -0.4 is 0 Å². The number of hydrogen-bond acceptors (Lipinski definition) is 1. The highest BCUT2D eigenvalue weighted by Crippen LogP contribution is 2.33. The van der Waals surface area contributed by atoms with E-state index < -0.39 is 23.3 Å².